The van der Waals surface area contributed by atoms with E-state index in [0.717, 1.165) is 5.69 Å². The van der Waals surface area contributed by atoms with E-state index in [2.05, 4.69) is 0 Å². The van der Waals surface area contributed by atoms with E-state index in [-0.39, 0.29) is 11.1 Å². The molecular weight excluding hydrogens is 272 g/mol. The molecule has 0 radical (unpaired) electrons. The molecule has 0 amide bonds. The maximum atomic E-state index is 12.5. The van der Waals surface area contributed by atoms with E-state index in [1.165, 1.54) is 0 Å². The number of hydrogen-bond acceptors (Lipinski definition) is 5. The van der Waals surface area contributed by atoms with Crippen molar-refractivity contribution in [1.29, 1.82) is 5.26 Å². The fourth-order valence-electron chi connectivity index (χ4n) is 3.01. The maximum Gasteiger partial charge on any atom is 0.269 e. The van der Waals surface area contributed by atoms with Gasteiger partial charge >= 0.3 is 0 Å². The molecule has 3 heterocycles. The molecular formula is C15H18N2O4. The third-order valence-corrected chi connectivity index (χ3v) is 4.02. The lowest BCUT2D eigenvalue weighted by Gasteiger charge is -2.22. The van der Waals surface area contributed by atoms with E-state index in [9.17, 15) is 10.1 Å². The summed E-state index contributed by atoms with van der Waals surface area (Å²) < 4.78 is 18.4. The first-order chi connectivity index (χ1) is 10.2. The number of aromatic nitrogens is 1. The molecule has 21 heavy (non-hydrogen) atoms. The molecule has 6 heteroatoms. The average molecular weight is 290 g/mol. The fourth-order valence-corrected chi connectivity index (χ4v) is 3.01. The van der Waals surface area contributed by atoms with Crippen LogP contribution in [0.25, 0.3) is 0 Å². The number of ether oxygens (including phenoxy) is 3. The second-order valence-electron chi connectivity index (χ2n) is 5.15. The Morgan fingerprint density at radius 3 is 2.90 bits per heavy atom. The van der Waals surface area contributed by atoms with Crippen LogP contribution in [-0.4, -0.2) is 31.0 Å². The Morgan fingerprint density at radius 1 is 1.48 bits per heavy atom. The van der Waals surface area contributed by atoms with Crippen LogP contribution in [0.4, 0.5) is 0 Å². The molecule has 6 nitrogen and oxygen atoms in total. The van der Waals surface area contributed by atoms with Gasteiger partial charge in [0.15, 0.2) is 0 Å². The van der Waals surface area contributed by atoms with Crippen molar-refractivity contribution in [2.45, 2.75) is 32.1 Å². The quantitative estimate of drug-likeness (QED) is 0.770. The summed E-state index contributed by atoms with van der Waals surface area (Å²) in [7, 11) is 0. The molecule has 1 fully saturated rings. The molecule has 0 aliphatic carbocycles. The van der Waals surface area contributed by atoms with E-state index in [1.54, 1.807) is 4.57 Å². The van der Waals surface area contributed by atoms with Crippen LogP contribution in [0.5, 0.6) is 0 Å². The molecule has 0 atom stereocenters. The SMILES string of the molecule is CCOCCc1cc2n(c(=O)c1C#N)CCC21OCCO1. The monoisotopic (exact) mass is 290 g/mol. The number of fused-ring (bicyclic) bond motifs is 2. The first-order valence-corrected chi connectivity index (χ1v) is 7.25. The molecule has 1 saturated heterocycles. The summed E-state index contributed by atoms with van der Waals surface area (Å²) >= 11 is 0. The number of pyridine rings is 1. The van der Waals surface area contributed by atoms with Crippen LogP contribution in [0.3, 0.4) is 0 Å². The molecule has 112 valence electrons. The van der Waals surface area contributed by atoms with Crippen LogP contribution in [0.2, 0.25) is 0 Å². The number of hydrogen-bond donors (Lipinski definition) is 0. The minimum absolute atomic E-state index is 0.202. The van der Waals surface area contributed by atoms with Gasteiger partial charge in [-0.15, -0.1) is 0 Å². The highest BCUT2D eigenvalue weighted by atomic mass is 16.7. The second-order valence-corrected chi connectivity index (χ2v) is 5.15. The minimum atomic E-state index is -0.798. The van der Waals surface area contributed by atoms with Crippen molar-refractivity contribution >= 4 is 0 Å². The van der Waals surface area contributed by atoms with E-state index < -0.39 is 5.79 Å². The lowest BCUT2D eigenvalue weighted by atomic mass is 10.0. The average Bonchev–Trinajstić information content (AvgIpc) is 3.09. The Bertz CT molecular complexity index is 638. The molecule has 0 unspecified atom stereocenters. The van der Waals surface area contributed by atoms with Crippen molar-refractivity contribution in [2.24, 2.45) is 0 Å². The summed E-state index contributed by atoms with van der Waals surface area (Å²) in [6.45, 7) is 4.60. The maximum absolute atomic E-state index is 12.5. The van der Waals surface area contributed by atoms with Gasteiger partial charge in [-0.3, -0.25) is 4.79 Å². The van der Waals surface area contributed by atoms with Gasteiger partial charge in [0.1, 0.15) is 11.6 Å². The Balaban J connectivity index is 2.04. The fraction of sp³-hybridized carbons (Fsp3) is 0.600. The molecule has 0 N–H and O–H groups in total. The summed E-state index contributed by atoms with van der Waals surface area (Å²) in [4.78, 5) is 12.5. The van der Waals surface area contributed by atoms with E-state index in [0.29, 0.717) is 51.4 Å². The molecule has 3 rings (SSSR count). The molecule has 0 saturated carbocycles. The highest BCUT2D eigenvalue weighted by Gasteiger charge is 2.45. The molecule has 2 aliphatic heterocycles. The summed E-state index contributed by atoms with van der Waals surface area (Å²) in [5.74, 6) is -0.798. The highest BCUT2D eigenvalue weighted by Crippen LogP contribution is 2.39. The highest BCUT2D eigenvalue weighted by molar-refractivity contribution is 5.39. The number of nitriles is 1. The van der Waals surface area contributed by atoms with Crippen molar-refractivity contribution in [1.82, 2.24) is 4.57 Å². The summed E-state index contributed by atoms with van der Waals surface area (Å²) in [6, 6.07) is 3.90. The molecule has 1 aromatic rings. The van der Waals surface area contributed by atoms with Crippen molar-refractivity contribution in [3.05, 3.63) is 33.2 Å². The molecule has 2 aliphatic rings. The molecule has 1 spiro atoms. The van der Waals surface area contributed by atoms with Crippen molar-refractivity contribution in [3.63, 3.8) is 0 Å². The van der Waals surface area contributed by atoms with Crippen LogP contribution >= 0.6 is 0 Å². The van der Waals surface area contributed by atoms with Gasteiger partial charge in [0, 0.05) is 19.6 Å². The molecule has 1 aromatic heterocycles. The van der Waals surface area contributed by atoms with Crippen molar-refractivity contribution < 1.29 is 14.2 Å². The van der Waals surface area contributed by atoms with Crippen LogP contribution in [0.1, 0.15) is 30.2 Å². The Morgan fingerprint density at radius 2 is 2.24 bits per heavy atom. The molecule has 0 aromatic carbocycles. The summed E-state index contributed by atoms with van der Waals surface area (Å²) in [5, 5.41) is 9.28. The van der Waals surface area contributed by atoms with E-state index in [4.69, 9.17) is 14.2 Å². The smallest absolute Gasteiger partial charge is 0.269 e. The summed E-state index contributed by atoms with van der Waals surface area (Å²) in [6.07, 6.45) is 1.15. The standard InChI is InChI=1S/C15H18N2O4/c1-2-19-6-3-11-9-13-15(20-7-8-21-15)4-5-17(13)14(18)12(11)10-16/h9H,2-8H2,1H3. The van der Waals surface area contributed by atoms with E-state index in [1.807, 2.05) is 19.1 Å². The van der Waals surface area contributed by atoms with E-state index >= 15 is 0 Å². The number of rotatable bonds is 4. The van der Waals surface area contributed by atoms with Crippen LogP contribution in [-0.2, 0) is 33.0 Å². The third-order valence-electron chi connectivity index (χ3n) is 4.02. The second kappa shape index (κ2) is 5.60. The van der Waals surface area contributed by atoms with Gasteiger partial charge in [0.2, 0.25) is 5.79 Å². The predicted octanol–water partition coefficient (Wildman–Crippen LogP) is 0.902. The first-order valence-electron chi connectivity index (χ1n) is 7.25. The largest absolute Gasteiger partial charge is 0.381 e. The Labute approximate surface area is 122 Å². The van der Waals surface area contributed by atoms with Crippen molar-refractivity contribution in [3.8, 4) is 6.07 Å². The zero-order valence-electron chi connectivity index (χ0n) is 12.1. The zero-order valence-corrected chi connectivity index (χ0v) is 12.1. The zero-order chi connectivity index (χ0) is 14.9. The minimum Gasteiger partial charge on any atom is -0.381 e. The van der Waals surface area contributed by atoms with Gasteiger partial charge in [-0.2, -0.15) is 5.26 Å². The molecule has 0 bridgehead atoms. The lowest BCUT2D eigenvalue weighted by Crippen LogP contribution is -2.29. The Kier molecular flexibility index (Phi) is 3.81. The first kappa shape index (κ1) is 14.3. The predicted molar refractivity (Wildman–Crippen MR) is 73.8 cm³/mol. The third kappa shape index (κ3) is 2.27. The summed E-state index contributed by atoms with van der Waals surface area (Å²) in [5.41, 5.74) is 1.39. The van der Waals surface area contributed by atoms with Gasteiger partial charge in [0.25, 0.3) is 5.56 Å². The lowest BCUT2D eigenvalue weighted by molar-refractivity contribution is -0.163. The van der Waals surface area contributed by atoms with Gasteiger partial charge in [-0.25, -0.2) is 0 Å². The van der Waals surface area contributed by atoms with Crippen LogP contribution in [0, 0.1) is 11.3 Å². The topological polar surface area (TPSA) is 73.5 Å². The number of nitrogens with zero attached hydrogens (tertiary/aromatic N) is 2. The van der Waals surface area contributed by atoms with Crippen LogP contribution < -0.4 is 5.56 Å². The Hall–Kier alpha value is -1.68. The van der Waals surface area contributed by atoms with Gasteiger partial charge in [0.05, 0.1) is 25.5 Å². The van der Waals surface area contributed by atoms with Gasteiger partial charge < -0.3 is 18.8 Å². The normalized spacial score (nSPS) is 18.9. The van der Waals surface area contributed by atoms with Crippen LogP contribution in [0.15, 0.2) is 10.9 Å². The van der Waals surface area contributed by atoms with Gasteiger partial charge in [-0.1, -0.05) is 0 Å². The van der Waals surface area contributed by atoms with Crippen molar-refractivity contribution in [2.75, 3.05) is 26.4 Å². The van der Waals surface area contributed by atoms with Gasteiger partial charge in [-0.05, 0) is 25.0 Å².